The van der Waals surface area contributed by atoms with Crippen LogP contribution < -0.4 is 0 Å². The van der Waals surface area contributed by atoms with Gasteiger partial charge in [0, 0.05) is 0 Å². The number of aryl methyl sites for hydroxylation is 1. The summed E-state index contributed by atoms with van der Waals surface area (Å²) in [5, 5.41) is 9.25. The number of rotatable bonds is 4. The summed E-state index contributed by atoms with van der Waals surface area (Å²) in [7, 11) is 0. The summed E-state index contributed by atoms with van der Waals surface area (Å²) in [5.74, 6) is -0.661. The van der Waals surface area contributed by atoms with Crippen molar-refractivity contribution in [2.75, 3.05) is 0 Å². The van der Waals surface area contributed by atoms with E-state index in [-0.39, 0.29) is 0 Å². The molecule has 1 aromatic rings. The van der Waals surface area contributed by atoms with Gasteiger partial charge in [0.1, 0.15) is 0 Å². The van der Waals surface area contributed by atoms with Gasteiger partial charge < -0.3 is 5.11 Å². The quantitative estimate of drug-likeness (QED) is 0.860. The van der Waals surface area contributed by atoms with E-state index >= 15 is 0 Å². The Hall–Kier alpha value is -1.31. The van der Waals surface area contributed by atoms with Crippen molar-refractivity contribution >= 4 is 5.97 Å². The van der Waals surface area contributed by atoms with Crippen LogP contribution in [0.5, 0.6) is 0 Å². The number of aliphatic carboxylic acids is 1. The molecule has 1 fully saturated rings. The van der Waals surface area contributed by atoms with E-state index in [4.69, 9.17) is 0 Å². The zero-order valence-electron chi connectivity index (χ0n) is 11.0. The van der Waals surface area contributed by atoms with Crippen LogP contribution in [0, 0.1) is 0 Å². The van der Waals surface area contributed by atoms with Gasteiger partial charge in [0.05, 0.1) is 5.41 Å². The molecule has 0 unspecified atom stereocenters. The van der Waals surface area contributed by atoms with Gasteiger partial charge in [-0.05, 0) is 30.4 Å². The Morgan fingerprint density at radius 2 is 1.88 bits per heavy atom. The van der Waals surface area contributed by atoms with Crippen LogP contribution >= 0.6 is 0 Å². The van der Waals surface area contributed by atoms with E-state index in [1.54, 1.807) is 0 Å². The van der Waals surface area contributed by atoms with Crippen LogP contribution in [0.1, 0.15) is 51.2 Å². The molecule has 1 N–H and O–H groups in total. The maximum Gasteiger partial charge on any atom is 0.314 e. The van der Waals surface area contributed by atoms with Crippen molar-refractivity contribution in [1.29, 1.82) is 0 Å². The van der Waals surface area contributed by atoms with E-state index in [0.29, 0.717) is 0 Å². The molecule has 2 heteroatoms. The highest BCUT2D eigenvalue weighted by molar-refractivity contribution is 5.85. The number of hydrogen-bond acceptors (Lipinski definition) is 1. The van der Waals surface area contributed by atoms with Gasteiger partial charge in [0.15, 0.2) is 0 Å². The predicted octanol–water partition coefficient (Wildman–Crippen LogP) is 3.78. The largest absolute Gasteiger partial charge is 0.481 e. The third kappa shape index (κ3) is 2.68. The van der Waals surface area contributed by atoms with E-state index in [9.17, 15) is 9.90 Å². The van der Waals surface area contributed by atoms with Crippen molar-refractivity contribution in [3.8, 4) is 0 Å². The third-order valence-electron chi connectivity index (χ3n) is 3.21. The van der Waals surface area contributed by atoms with Crippen molar-refractivity contribution in [3.63, 3.8) is 0 Å². The second-order valence-electron chi connectivity index (χ2n) is 4.29. The Kier molecular flexibility index (Phi) is 4.73. The normalized spacial score (nSPS) is 15.7. The lowest BCUT2D eigenvalue weighted by atomic mass is 9.89. The Labute approximate surface area is 104 Å². The van der Waals surface area contributed by atoms with Crippen LogP contribution in [0.3, 0.4) is 0 Å². The summed E-state index contributed by atoms with van der Waals surface area (Å²) in [5.41, 5.74) is 1.70. The maximum absolute atomic E-state index is 11.2. The zero-order chi connectivity index (χ0) is 12.9. The van der Waals surface area contributed by atoms with Crippen LogP contribution in [-0.2, 0) is 16.6 Å². The van der Waals surface area contributed by atoms with Crippen molar-refractivity contribution in [1.82, 2.24) is 0 Å². The summed E-state index contributed by atoms with van der Waals surface area (Å²) >= 11 is 0. The molecular weight excluding hydrogens is 212 g/mol. The molecule has 94 valence electrons. The van der Waals surface area contributed by atoms with Crippen molar-refractivity contribution in [2.45, 2.75) is 51.9 Å². The average molecular weight is 234 g/mol. The molecule has 0 atom stereocenters. The Balaban J connectivity index is 0.000000686. The number of carbonyl (C=O) groups is 1. The summed E-state index contributed by atoms with van der Waals surface area (Å²) in [6.07, 6.45) is 3.63. The monoisotopic (exact) mass is 234 g/mol. The molecule has 1 saturated carbocycles. The number of hydrogen-bond donors (Lipinski definition) is 1. The fourth-order valence-corrected chi connectivity index (χ4v) is 2.20. The molecule has 0 saturated heterocycles. The smallest absolute Gasteiger partial charge is 0.314 e. The molecule has 0 spiro atoms. The minimum atomic E-state index is -0.661. The summed E-state index contributed by atoms with van der Waals surface area (Å²) in [4.78, 5) is 11.2. The van der Waals surface area contributed by atoms with Gasteiger partial charge >= 0.3 is 5.97 Å². The first-order valence-electron chi connectivity index (χ1n) is 6.52. The topological polar surface area (TPSA) is 37.3 Å². The standard InChI is InChI=1S/C13H16O2.C2H6/c1-2-5-10-6-3-4-7-11(10)13(8-9-13)12(14)15;1-2/h3-4,6-7H,2,5,8-9H2,1H3,(H,14,15);1-2H3. The van der Waals surface area contributed by atoms with Crippen molar-refractivity contribution in [3.05, 3.63) is 35.4 Å². The van der Waals surface area contributed by atoms with Gasteiger partial charge in [0.25, 0.3) is 0 Å². The molecular formula is C15H22O2. The van der Waals surface area contributed by atoms with Crippen LogP contribution in [-0.4, -0.2) is 11.1 Å². The zero-order valence-corrected chi connectivity index (χ0v) is 11.0. The summed E-state index contributed by atoms with van der Waals surface area (Å²) < 4.78 is 0. The van der Waals surface area contributed by atoms with Gasteiger partial charge in [-0.1, -0.05) is 51.5 Å². The molecule has 2 nitrogen and oxygen atoms in total. The molecule has 0 amide bonds. The van der Waals surface area contributed by atoms with Crippen LogP contribution in [0.2, 0.25) is 0 Å². The minimum absolute atomic E-state index is 0.550. The Morgan fingerprint density at radius 3 is 2.35 bits per heavy atom. The summed E-state index contributed by atoms with van der Waals surface area (Å²) in [6.45, 7) is 6.12. The fourth-order valence-electron chi connectivity index (χ4n) is 2.20. The van der Waals surface area contributed by atoms with Gasteiger partial charge in [-0.15, -0.1) is 0 Å². The maximum atomic E-state index is 11.2. The van der Waals surface area contributed by atoms with Crippen LogP contribution in [0.15, 0.2) is 24.3 Å². The fraction of sp³-hybridized carbons (Fsp3) is 0.533. The highest BCUT2D eigenvalue weighted by atomic mass is 16.4. The lowest BCUT2D eigenvalue weighted by Crippen LogP contribution is -2.21. The number of benzene rings is 1. The average Bonchev–Trinajstić information content (AvgIpc) is 3.14. The SMILES string of the molecule is CC.CCCc1ccccc1C1(C(=O)O)CC1. The molecule has 0 radical (unpaired) electrons. The van der Waals surface area contributed by atoms with E-state index < -0.39 is 11.4 Å². The van der Waals surface area contributed by atoms with Crippen LogP contribution in [0.25, 0.3) is 0 Å². The Bertz CT molecular complexity index is 378. The lowest BCUT2D eigenvalue weighted by Gasteiger charge is -2.14. The predicted molar refractivity (Wildman–Crippen MR) is 70.3 cm³/mol. The number of carboxylic acids is 1. The highest BCUT2D eigenvalue weighted by Crippen LogP contribution is 2.49. The van der Waals surface area contributed by atoms with Gasteiger partial charge in [-0.3, -0.25) is 4.79 Å². The third-order valence-corrected chi connectivity index (χ3v) is 3.21. The second kappa shape index (κ2) is 5.85. The first-order valence-corrected chi connectivity index (χ1v) is 6.52. The molecule has 0 bridgehead atoms. The lowest BCUT2D eigenvalue weighted by molar-refractivity contribution is -0.140. The molecule has 0 aliphatic heterocycles. The molecule has 1 aromatic carbocycles. The molecule has 2 rings (SSSR count). The highest BCUT2D eigenvalue weighted by Gasteiger charge is 2.52. The first kappa shape index (κ1) is 13.8. The molecule has 1 aliphatic carbocycles. The van der Waals surface area contributed by atoms with Gasteiger partial charge in [0.2, 0.25) is 0 Å². The van der Waals surface area contributed by atoms with E-state index in [1.807, 2.05) is 32.0 Å². The molecule has 17 heavy (non-hydrogen) atoms. The van der Waals surface area contributed by atoms with Crippen molar-refractivity contribution in [2.24, 2.45) is 0 Å². The summed E-state index contributed by atoms with van der Waals surface area (Å²) in [6, 6.07) is 7.97. The molecule has 1 aliphatic rings. The molecule has 0 aromatic heterocycles. The molecule has 0 heterocycles. The van der Waals surface area contributed by atoms with E-state index in [0.717, 1.165) is 31.2 Å². The second-order valence-corrected chi connectivity index (χ2v) is 4.29. The number of carboxylic acid groups (broad SMARTS) is 1. The first-order chi connectivity index (χ1) is 8.20. The van der Waals surface area contributed by atoms with Crippen molar-refractivity contribution < 1.29 is 9.90 Å². The van der Waals surface area contributed by atoms with Crippen LogP contribution in [0.4, 0.5) is 0 Å². The minimum Gasteiger partial charge on any atom is -0.481 e. The van der Waals surface area contributed by atoms with Gasteiger partial charge in [-0.2, -0.15) is 0 Å². The Morgan fingerprint density at radius 1 is 1.29 bits per heavy atom. The van der Waals surface area contributed by atoms with E-state index in [1.165, 1.54) is 5.56 Å². The van der Waals surface area contributed by atoms with Gasteiger partial charge in [-0.25, -0.2) is 0 Å². The van der Waals surface area contributed by atoms with E-state index in [2.05, 4.69) is 13.0 Å².